The number of rotatable bonds is 4. The summed E-state index contributed by atoms with van der Waals surface area (Å²) in [5.74, 6) is 0. The Hall–Kier alpha value is -0.810. The second kappa shape index (κ2) is 6.60. The maximum atomic E-state index is 12.1. The topological polar surface area (TPSA) is 53.6 Å². The predicted molar refractivity (Wildman–Crippen MR) is 91.6 cm³/mol. The molecule has 2 unspecified atom stereocenters. The lowest BCUT2D eigenvalue weighted by atomic mass is 9.76. The molecule has 2 aliphatic heterocycles. The first-order valence-corrected chi connectivity index (χ1v) is 9.34. The van der Waals surface area contributed by atoms with Gasteiger partial charge in [-0.05, 0) is 78.8 Å². The molecule has 23 heavy (non-hydrogen) atoms. The number of hydrogen-bond acceptors (Lipinski definition) is 4. The molecule has 3 aliphatic rings. The summed E-state index contributed by atoms with van der Waals surface area (Å²) in [5, 5.41) is 6.89. The minimum absolute atomic E-state index is 0.0882. The fourth-order valence-corrected chi connectivity index (χ4v) is 4.22. The molecule has 3 fully saturated rings. The molecule has 2 atom stereocenters. The lowest BCUT2D eigenvalue weighted by molar-refractivity contribution is 0.0372. The number of ether oxygens (including phenoxy) is 1. The van der Waals surface area contributed by atoms with Gasteiger partial charge in [0, 0.05) is 18.6 Å². The van der Waals surface area contributed by atoms with Crippen molar-refractivity contribution in [1.29, 1.82) is 0 Å². The highest BCUT2D eigenvalue weighted by atomic mass is 16.6. The van der Waals surface area contributed by atoms with Gasteiger partial charge in [0.1, 0.15) is 5.60 Å². The quantitative estimate of drug-likeness (QED) is 0.835. The van der Waals surface area contributed by atoms with Crippen molar-refractivity contribution in [3.8, 4) is 0 Å². The van der Waals surface area contributed by atoms with Gasteiger partial charge >= 0.3 is 6.09 Å². The van der Waals surface area contributed by atoms with Crippen molar-refractivity contribution in [3.63, 3.8) is 0 Å². The third-order valence-corrected chi connectivity index (χ3v) is 5.63. The summed E-state index contributed by atoms with van der Waals surface area (Å²) in [4.78, 5) is 14.7. The van der Waals surface area contributed by atoms with Crippen LogP contribution in [0.3, 0.4) is 0 Å². The van der Waals surface area contributed by atoms with E-state index in [2.05, 4.69) is 15.5 Å². The standard InChI is InChI=1S/C18H33N3O2/c1-17(2,3)23-16(22)20-18(8-5-9-18)13-19-14-7-11-21-10-4-6-15(21)12-14/h14-15,19H,4-13H2,1-3H3,(H,20,22). The third kappa shape index (κ3) is 4.38. The molecular formula is C18H33N3O2. The summed E-state index contributed by atoms with van der Waals surface area (Å²) in [6, 6.07) is 1.39. The Labute approximate surface area is 140 Å². The van der Waals surface area contributed by atoms with E-state index in [4.69, 9.17) is 4.74 Å². The van der Waals surface area contributed by atoms with Gasteiger partial charge in [-0.1, -0.05) is 0 Å². The maximum absolute atomic E-state index is 12.1. The number of fused-ring (bicyclic) bond motifs is 1. The average Bonchev–Trinajstić information content (AvgIpc) is 2.87. The Morgan fingerprint density at radius 3 is 2.65 bits per heavy atom. The van der Waals surface area contributed by atoms with Gasteiger partial charge in [-0.25, -0.2) is 4.79 Å². The van der Waals surface area contributed by atoms with E-state index in [-0.39, 0.29) is 11.6 Å². The number of alkyl carbamates (subject to hydrolysis) is 1. The number of carbonyl (C=O) groups excluding carboxylic acids is 1. The zero-order valence-corrected chi connectivity index (χ0v) is 15.0. The minimum Gasteiger partial charge on any atom is -0.444 e. The van der Waals surface area contributed by atoms with Gasteiger partial charge in [0.15, 0.2) is 0 Å². The van der Waals surface area contributed by atoms with Crippen LogP contribution < -0.4 is 10.6 Å². The summed E-state index contributed by atoms with van der Waals surface area (Å²) in [6.07, 6.45) is 8.26. The van der Waals surface area contributed by atoms with Crippen LogP contribution in [0, 0.1) is 0 Å². The van der Waals surface area contributed by atoms with Crippen LogP contribution in [0.5, 0.6) is 0 Å². The first kappa shape index (κ1) is 17.0. The molecule has 0 aromatic heterocycles. The van der Waals surface area contributed by atoms with E-state index in [1.54, 1.807) is 0 Å². The first-order chi connectivity index (χ1) is 10.9. The minimum atomic E-state index is -0.433. The van der Waals surface area contributed by atoms with Gasteiger partial charge in [0.2, 0.25) is 0 Å². The van der Waals surface area contributed by atoms with E-state index < -0.39 is 5.60 Å². The molecule has 2 saturated heterocycles. The van der Waals surface area contributed by atoms with Crippen LogP contribution in [0.15, 0.2) is 0 Å². The average molecular weight is 323 g/mol. The molecule has 5 heteroatoms. The van der Waals surface area contributed by atoms with Gasteiger partial charge in [-0.15, -0.1) is 0 Å². The largest absolute Gasteiger partial charge is 0.444 e. The maximum Gasteiger partial charge on any atom is 0.408 e. The lowest BCUT2D eigenvalue weighted by Crippen LogP contribution is -2.61. The van der Waals surface area contributed by atoms with Crippen LogP contribution in [0.4, 0.5) is 4.79 Å². The monoisotopic (exact) mass is 323 g/mol. The zero-order chi connectivity index (χ0) is 16.5. The molecule has 1 amide bonds. The van der Waals surface area contributed by atoms with Crippen LogP contribution in [-0.4, -0.2) is 53.9 Å². The molecular weight excluding hydrogens is 290 g/mol. The summed E-state index contributed by atoms with van der Waals surface area (Å²) >= 11 is 0. The van der Waals surface area contributed by atoms with Gasteiger partial charge in [-0.2, -0.15) is 0 Å². The Morgan fingerprint density at radius 1 is 1.22 bits per heavy atom. The fraction of sp³-hybridized carbons (Fsp3) is 0.944. The molecule has 1 aliphatic carbocycles. The van der Waals surface area contributed by atoms with Crippen molar-refractivity contribution in [2.24, 2.45) is 0 Å². The van der Waals surface area contributed by atoms with Crippen molar-refractivity contribution in [2.75, 3.05) is 19.6 Å². The summed E-state index contributed by atoms with van der Waals surface area (Å²) in [6.45, 7) is 9.13. The van der Waals surface area contributed by atoms with Crippen molar-refractivity contribution < 1.29 is 9.53 Å². The number of amides is 1. The Bertz CT molecular complexity index is 428. The van der Waals surface area contributed by atoms with Crippen molar-refractivity contribution in [1.82, 2.24) is 15.5 Å². The van der Waals surface area contributed by atoms with Gasteiger partial charge in [-0.3, -0.25) is 0 Å². The van der Waals surface area contributed by atoms with Crippen LogP contribution in [0.25, 0.3) is 0 Å². The second-order valence-electron chi connectivity index (χ2n) is 8.69. The SMILES string of the molecule is CC(C)(C)OC(=O)NC1(CNC2CCN3CCCC3C2)CCC1. The molecule has 0 spiro atoms. The highest BCUT2D eigenvalue weighted by Crippen LogP contribution is 2.33. The smallest absolute Gasteiger partial charge is 0.408 e. The number of nitrogens with one attached hydrogen (secondary N) is 2. The van der Waals surface area contributed by atoms with Crippen molar-refractivity contribution in [2.45, 2.75) is 88.9 Å². The van der Waals surface area contributed by atoms with E-state index >= 15 is 0 Å². The summed E-state index contributed by atoms with van der Waals surface area (Å²) in [5.41, 5.74) is -0.521. The normalized spacial score (nSPS) is 30.4. The van der Waals surface area contributed by atoms with Crippen LogP contribution >= 0.6 is 0 Å². The predicted octanol–water partition coefficient (Wildman–Crippen LogP) is 2.65. The van der Waals surface area contributed by atoms with E-state index in [1.165, 1.54) is 45.2 Å². The first-order valence-electron chi connectivity index (χ1n) is 9.34. The Kier molecular flexibility index (Phi) is 4.88. The van der Waals surface area contributed by atoms with Gasteiger partial charge < -0.3 is 20.3 Å². The molecule has 0 aromatic carbocycles. The van der Waals surface area contributed by atoms with E-state index in [1.807, 2.05) is 20.8 Å². The number of hydrogen-bond donors (Lipinski definition) is 2. The molecule has 5 nitrogen and oxygen atoms in total. The van der Waals surface area contributed by atoms with E-state index in [9.17, 15) is 4.79 Å². The molecule has 3 rings (SSSR count). The van der Waals surface area contributed by atoms with Crippen molar-refractivity contribution >= 4 is 6.09 Å². The fourth-order valence-electron chi connectivity index (χ4n) is 4.22. The molecule has 0 radical (unpaired) electrons. The molecule has 2 N–H and O–H groups in total. The van der Waals surface area contributed by atoms with Crippen molar-refractivity contribution in [3.05, 3.63) is 0 Å². The number of piperidine rings is 1. The summed E-state index contributed by atoms with van der Waals surface area (Å²) < 4.78 is 5.43. The number of carbonyl (C=O) groups is 1. The molecule has 0 bridgehead atoms. The van der Waals surface area contributed by atoms with E-state index in [0.717, 1.165) is 25.4 Å². The highest BCUT2D eigenvalue weighted by molar-refractivity contribution is 5.69. The van der Waals surface area contributed by atoms with Crippen LogP contribution in [0.2, 0.25) is 0 Å². The van der Waals surface area contributed by atoms with Crippen LogP contribution in [0.1, 0.15) is 65.7 Å². The summed E-state index contributed by atoms with van der Waals surface area (Å²) in [7, 11) is 0. The Morgan fingerprint density at radius 2 is 2.00 bits per heavy atom. The molecule has 0 aromatic rings. The highest BCUT2D eigenvalue weighted by Gasteiger charge is 2.40. The molecule has 1 saturated carbocycles. The molecule has 132 valence electrons. The second-order valence-corrected chi connectivity index (χ2v) is 8.69. The third-order valence-electron chi connectivity index (χ3n) is 5.63. The van der Waals surface area contributed by atoms with Crippen LogP contribution in [-0.2, 0) is 4.74 Å². The molecule has 2 heterocycles. The van der Waals surface area contributed by atoms with Gasteiger partial charge in [0.05, 0.1) is 5.54 Å². The number of nitrogens with zero attached hydrogens (tertiary/aromatic N) is 1. The van der Waals surface area contributed by atoms with E-state index in [0.29, 0.717) is 6.04 Å². The lowest BCUT2D eigenvalue weighted by Gasteiger charge is -2.44. The zero-order valence-electron chi connectivity index (χ0n) is 15.0. The van der Waals surface area contributed by atoms with Gasteiger partial charge in [0.25, 0.3) is 0 Å². The Balaban J connectivity index is 1.46.